The van der Waals surface area contributed by atoms with Crippen LogP contribution < -0.4 is 0 Å². The highest BCUT2D eigenvalue weighted by Crippen LogP contribution is 2.35. The summed E-state index contributed by atoms with van der Waals surface area (Å²) in [5.74, 6) is 0. The molecular weight excluding hydrogens is 1320 g/mol. The van der Waals surface area contributed by atoms with Gasteiger partial charge in [0.2, 0.25) is 0 Å². The van der Waals surface area contributed by atoms with Crippen molar-refractivity contribution in [1.29, 1.82) is 0 Å². The third kappa shape index (κ3) is 16.3. The normalized spacial score (nSPS) is 10.8. The molecule has 18 rings (SSSR count). The fraction of sp³-hybridized carbons (Fsp3) is 0. The third-order valence-electron chi connectivity index (χ3n) is 18.5. The predicted molar refractivity (Wildman–Crippen MR) is 434 cm³/mol. The smallest absolute Gasteiger partial charge is 0.0892 e. The zero-order valence-corrected chi connectivity index (χ0v) is 58.5. The maximum Gasteiger partial charge on any atom is 0.0892 e. The van der Waals surface area contributed by atoms with Crippen LogP contribution in [0.4, 0.5) is 0 Å². The van der Waals surface area contributed by atoms with Gasteiger partial charge >= 0.3 is 0 Å². The molecule has 0 aliphatic heterocycles. The van der Waals surface area contributed by atoms with Gasteiger partial charge in [0.1, 0.15) is 0 Å². The molecule has 0 unspecified atom stereocenters. The third-order valence-corrected chi connectivity index (χ3v) is 18.5. The maximum atomic E-state index is 4.63. The minimum atomic E-state index is 0.832. The average Bonchev–Trinajstić information content (AvgIpc) is 0.821. The molecule has 0 spiro atoms. The molecule has 0 N–H and O–H groups in total. The first-order valence-corrected chi connectivity index (χ1v) is 35.4. The number of benzene rings is 6. The van der Waals surface area contributed by atoms with E-state index in [1.807, 2.05) is 220 Å². The van der Waals surface area contributed by atoms with Gasteiger partial charge in [0, 0.05) is 110 Å². The molecule has 510 valence electrons. The Hall–Kier alpha value is -14.9. The fourth-order valence-corrected chi connectivity index (χ4v) is 12.9. The van der Waals surface area contributed by atoms with Crippen molar-refractivity contribution in [2.45, 2.75) is 0 Å². The molecule has 0 radical (unpaired) electrons. The maximum absolute atomic E-state index is 4.63. The van der Waals surface area contributed by atoms with Crippen molar-refractivity contribution < 1.29 is 0 Å². The Morgan fingerprint density at radius 2 is 0.278 bits per heavy atom. The topological polar surface area (TPSA) is 155 Å². The molecule has 108 heavy (non-hydrogen) atoms. The highest BCUT2D eigenvalue weighted by molar-refractivity contribution is 5.81. The van der Waals surface area contributed by atoms with Gasteiger partial charge in [-0.15, -0.1) is 0 Å². The number of nitrogens with zero attached hydrogens (tertiary/aromatic N) is 12. The predicted octanol–water partition coefficient (Wildman–Crippen LogP) is 22.8. The molecule has 0 atom stereocenters. The van der Waals surface area contributed by atoms with Crippen molar-refractivity contribution >= 4 is 0 Å². The van der Waals surface area contributed by atoms with Crippen LogP contribution in [0, 0.1) is 0 Å². The van der Waals surface area contributed by atoms with Crippen molar-refractivity contribution in [1.82, 2.24) is 59.8 Å². The monoisotopic (exact) mass is 1390 g/mol. The summed E-state index contributed by atoms with van der Waals surface area (Å²) >= 11 is 0. The molecule has 6 aromatic carbocycles. The Labute approximate surface area is 626 Å². The summed E-state index contributed by atoms with van der Waals surface area (Å²) in [6.07, 6.45) is 27.4. The quantitative estimate of drug-likeness (QED) is 0.0959. The molecule has 12 nitrogen and oxygen atoms in total. The highest BCUT2D eigenvalue weighted by atomic mass is 14.8. The van der Waals surface area contributed by atoms with E-state index in [-0.39, 0.29) is 0 Å². The van der Waals surface area contributed by atoms with Gasteiger partial charge in [0.05, 0.1) is 51.2 Å². The van der Waals surface area contributed by atoms with Gasteiger partial charge in [-0.2, -0.15) is 0 Å². The van der Waals surface area contributed by atoms with E-state index in [0.717, 1.165) is 157 Å². The summed E-state index contributed by atoms with van der Waals surface area (Å²) < 4.78 is 0. The van der Waals surface area contributed by atoms with Gasteiger partial charge < -0.3 is 0 Å². The first-order chi connectivity index (χ1) is 53.5. The first-order valence-electron chi connectivity index (χ1n) is 35.4. The lowest BCUT2D eigenvalue weighted by molar-refractivity contribution is 1.25. The second-order valence-electron chi connectivity index (χ2n) is 25.4. The Balaban J connectivity index is 0.000000124. The molecule has 12 heteroatoms. The molecule has 12 heterocycles. The number of rotatable bonds is 15. The molecule has 0 fully saturated rings. The second-order valence-corrected chi connectivity index (χ2v) is 25.4. The van der Waals surface area contributed by atoms with Crippen LogP contribution >= 0.6 is 0 Å². The average molecular weight is 1390 g/mol. The molecule has 0 saturated heterocycles. The van der Waals surface area contributed by atoms with Crippen molar-refractivity contribution in [2.24, 2.45) is 0 Å². The van der Waals surface area contributed by atoms with Crippen LogP contribution in [0.25, 0.3) is 168 Å². The second kappa shape index (κ2) is 32.6. The summed E-state index contributed by atoms with van der Waals surface area (Å²) in [4.78, 5) is 53.5. The van der Waals surface area contributed by atoms with Crippen LogP contribution in [0.2, 0.25) is 0 Å². The molecule has 18 aromatic rings. The molecule has 0 amide bonds. The van der Waals surface area contributed by atoms with Crippen LogP contribution in [-0.4, -0.2) is 59.8 Å². The Bertz CT molecular complexity index is 5770. The van der Waals surface area contributed by atoms with E-state index in [2.05, 4.69) is 242 Å². The summed E-state index contributed by atoms with van der Waals surface area (Å²) in [5, 5.41) is 0. The van der Waals surface area contributed by atoms with Crippen LogP contribution in [0.3, 0.4) is 0 Å². The lowest BCUT2D eigenvalue weighted by Gasteiger charge is -2.09. The van der Waals surface area contributed by atoms with E-state index in [1.54, 1.807) is 0 Å². The molecular formula is C96H66N12. The van der Waals surface area contributed by atoms with E-state index in [0.29, 0.717) is 0 Å². The molecule has 0 aliphatic rings. The van der Waals surface area contributed by atoms with Crippen molar-refractivity contribution in [3.8, 4) is 168 Å². The van der Waals surface area contributed by atoms with E-state index in [4.69, 9.17) is 0 Å². The van der Waals surface area contributed by atoms with Crippen molar-refractivity contribution in [2.75, 3.05) is 0 Å². The Morgan fingerprint density at radius 3 is 0.500 bits per heavy atom. The summed E-state index contributed by atoms with van der Waals surface area (Å²) in [6.45, 7) is 0. The lowest BCUT2D eigenvalue weighted by atomic mass is 9.99. The zero-order chi connectivity index (χ0) is 72.5. The van der Waals surface area contributed by atoms with Crippen LogP contribution in [0.1, 0.15) is 0 Å². The summed E-state index contributed by atoms with van der Waals surface area (Å²) in [7, 11) is 0. The van der Waals surface area contributed by atoms with Gasteiger partial charge in [-0.1, -0.05) is 146 Å². The van der Waals surface area contributed by atoms with Gasteiger partial charge in [0.15, 0.2) is 0 Å². The number of pyridine rings is 12. The minimum absolute atomic E-state index is 0.832. The Kier molecular flexibility index (Phi) is 20.4. The van der Waals surface area contributed by atoms with Crippen molar-refractivity contribution in [3.05, 3.63) is 402 Å². The largest absolute Gasteiger partial charge is 0.265 e. The van der Waals surface area contributed by atoms with Crippen molar-refractivity contribution in [3.63, 3.8) is 0 Å². The number of hydrogen-bond acceptors (Lipinski definition) is 12. The van der Waals surface area contributed by atoms with E-state index >= 15 is 0 Å². The Morgan fingerprint density at radius 1 is 0.102 bits per heavy atom. The summed E-state index contributed by atoms with van der Waals surface area (Å²) in [6, 6.07) is 106. The zero-order valence-electron chi connectivity index (χ0n) is 58.5. The highest BCUT2D eigenvalue weighted by Gasteiger charge is 2.14. The SMILES string of the molecule is c1cc(-c2ccc(-c3ccnc(-c4cc(-c5ccc(-c6ccncc6)cc5)ccn4)c3)cc2)ccn1.c1ccc(-c2cccc(-c3ccnc(-c4cc(-c5ccc(-c6ccncc6)cc5)ccn4)c3)c2)nc1.c1ccc(-c2cccc(-c3ccnc(-c4cc(-c5cccc(-c6ccccn6)c5)ccn4)c3)c2)nc1. The molecule has 0 saturated carbocycles. The number of aromatic nitrogens is 12. The molecule has 0 aliphatic carbocycles. The first kappa shape index (κ1) is 67.6. The minimum Gasteiger partial charge on any atom is -0.265 e. The fourth-order valence-electron chi connectivity index (χ4n) is 12.9. The molecule has 0 bridgehead atoms. The van der Waals surface area contributed by atoms with E-state index in [1.165, 1.54) is 11.1 Å². The van der Waals surface area contributed by atoms with E-state index < -0.39 is 0 Å². The van der Waals surface area contributed by atoms with Gasteiger partial charge in [0.25, 0.3) is 0 Å². The van der Waals surface area contributed by atoms with Gasteiger partial charge in [-0.05, 0) is 264 Å². The molecule has 12 aromatic heterocycles. The summed E-state index contributed by atoms with van der Waals surface area (Å²) in [5.41, 5.74) is 31.4. The van der Waals surface area contributed by atoms with Gasteiger partial charge in [-0.3, -0.25) is 59.8 Å². The van der Waals surface area contributed by atoms with Crippen LogP contribution in [0.5, 0.6) is 0 Å². The van der Waals surface area contributed by atoms with Gasteiger partial charge in [-0.25, -0.2) is 0 Å². The standard InChI is InChI=1S/3C32H22N4/c1-5-25(6-2-23(1)27-9-15-33-16-10-27)29-13-19-35-31(21-29)32-22-30(14-20-36-32)26-7-3-24(4-8-26)28-11-17-34-18-12-28;1-3-15-33-29(11-1)27-9-5-7-23(19-27)25-13-17-35-31(21-25)32-22-26(14-18-36-32)24-8-6-10-28(20-24)30-12-2-4-16-34-30;1-2-15-34-30(6-1)29-5-3-4-26(20-29)28-14-19-36-32(22-28)31-21-27(13-18-35-31)24-9-7-23(8-10-24)25-11-16-33-17-12-25/h3*1-22H. The lowest BCUT2D eigenvalue weighted by Crippen LogP contribution is -1.90. The van der Waals surface area contributed by atoms with Crippen LogP contribution in [0.15, 0.2) is 402 Å². The number of hydrogen-bond donors (Lipinski definition) is 0. The van der Waals surface area contributed by atoms with Crippen LogP contribution in [-0.2, 0) is 0 Å². The van der Waals surface area contributed by atoms with E-state index in [9.17, 15) is 0 Å².